The quantitative estimate of drug-likeness (QED) is 0.336. The Bertz CT molecular complexity index is 1470. The van der Waals surface area contributed by atoms with Crippen molar-refractivity contribution in [1.82, 2.24) is 9.91 Å². The number of thiol groups is 1. The summed E-state index contributed by atoms with van der Waals surface area (Å²) >= 11 is 4.12. The van der Waals surface area contributed by atoms with E-state index >= 15 is 0 Å². The first-order valence-corrected chi connectivity index (χ1v) is 13.5. The monoisotopic (exact) mass is 573 g/mol. The van der Waals surface area contributed by atoms with E-state index in [1.54, 1.807) is 54.6 Å². The summed E-state index contributed by atoms with van der Waals surface area (Å²) in [5, 5.41) is 12.3. The molecule has 1 heterocycles. The zero-order valence-corrected chi connectivity index (χ0v) is 23.5. The van der Waals surface area contributed by atoms with Crippen molar-refractivity contribution in [1.29, 1.82) is 0 Å². The molecule has 3 aromatic carbocycles. The first kappa shape index (κ1) is 29.5. The van der Waals surface area contributed by atoms with Crippen molar-refractivity contribution in [3.63, 3.8) is 0 Å². The Morgan fingerprint density at radius 3 is 2.17 bits per heavy atom. The number of carboxylic acids is 1. The number of benzene rings is 3. The zero-order valence-electron chi connectivity index (χ0n) is 22.6. The zero-order chi connectivity index (χ0) is 29.7. The number of fused-ring (bicyclic) bond motifs is 1. The van der Waals surface area contributed by atoms with Crippen molar-refractivity contribution in [2.75, 3.05) is 17.8 Å². The van der Waals surface area contributed by atoms with E-state index < -0.39 is 41.9 Å². The van der Waals surface area contributed by atoms with Gasteiger partial charge >= 0.3 is 5.97 Å². The van der Waals surface area contributed by atoms with E-state index in [4.69, 9.17) is 10.7 Å². The lowest BCUT2D eigenvalue weighted by Crippen LogP contribution is -2.62. The van der Waals surface area contributed by atoms with Gasteiger partial charge in [0.1, 0.15) is 0 Å². The van der Waals surface area contributed by atoms with Gasteiger partial charge < -0.3 is 15.7 Å². The molecule has 0 fully saturated rings. The lowest BCUT2D eigenvalue weighted by atomic mass is 10.0. The second-order valence-electron chi connectivity index (χ2n) is 9.53. The number of rotatable bonds is 9. The molecule has 0 spiro atoms. The number of carbonyl (C=O) groups is 4. The van der Waals surface area contributed by atoms with Gasteiger partial charge in [-0.1, -0.05) is 78.9 Å². The summed E-state index contributed by atoms with van der Waals surface area (Å²) in [5.41, 5.74) is 8.40. The number of hydrazine groups is 1. The molecule has 2 unspecified atom stereocenters. The number of aliphatic carboxylic acids is 1. The minimum Gasteiger partial charge on any atom is -0.480 e. The van der Waals surface area contributed by atoms with E-state index in [-0.39, 0.29) is 17.9 Å². The predicted molar refractivity (Wildman–Crippen MR) is 158 cm³/mol. The van der Waals surface area contributed by atoms with E-state index in [1.165, 1.54) is 14.0 Å². The minimum absolute atomic E-state index is 0.0288. The fourth-order valence-electron chi connectivity index (χ4n) is 4.71. The molecule has 0 aliphatic carbocycles. The number of carboxylic acid groups (broad SMARTS) is 1. The number of anilines is 1. The number of nitrogens with zero attached hydrogens (tertiary/aromatic N) is 4. The van der Waals surface area contributed by atoms with Gasteiger partial charge in [0.2, 0.25) is 18.0 Å². The smallest absolute Gasteiger partial charge is 0.328 e. The highest BCUT2D eigenvalue weighted by molar-refractivity contribution is 7.80. The van der Waals surface area contributed by atoms with E-state index in [0.717, 1.165) is 14.9 Å². The summed E-state index contributed by atoms with van der Waals surface area (Å²) in [6, 6.07) is 22.2. The van der Waals surface area contributed by atoms with Gasteiger partial charge in [-0.3, -0.25) is 14.4 Å². The van der Waals surface area contributed by atoms with Crippen molar-refractivity contribution in [3.05, 3.63) is 102 Å². The Labute approximate surface area is 243 Å². The molecule has 11 heteroatoms. The largest absolute Gasteiger partial charge is 0.480 e. The third-order valence-corrected chi connectivity index (χ3v) is 7.13. The summed E-state index contributed by atoms with van der Waals surface area (Å²) in [4.78, 5) is 59.5. The van der Waals surface area contributed by atoms with Crippen LogP contribution in [0.4, 0.5) is 5.69 Å². The number of nitrogens with two attached hydrogens (primary N) is 1. The van der Waals surface area contributed by atoms with Gasteiger partial charge in [-0.05, 0) is 11.6 Å². The maximum Gasteiger partial charge on any atom is 0.328 e. The molecule has 3 aromatic rings. The van der Waals surface area contributed by atoms with Gasteiger partial charge in [0.25, 0.3) is 5.91 Å². The number of para-hydroxylation sites is 1. The molecular formula is C30H31N5O5S. The number of amides is 3. The number of hydrogen-bond donors (Lipinski definition) is 3. The molecule has 0 saturated carbocycles. The lowest BCUT2D eigenvalue weighted by Gasteiger charge is -2.39. The van der Waals surface area contributed by atoms with E-state index in [9.17, 15) is 24.3 Å². The van der Waals surface area contributed by atoms with Crippen LogP contribution in [0.3, 0.4) is 0 Å². The predicted octanol–water partition coefficient (Wildman–Crippen LogP) is 2.37. The van der Waals surface area contributed by atoms with Crippen molar-refractivity contribution in [2.45, 2.75) is 31.6 Å². The standard InChI is InChI=1S/C30H31N5O5S/c1-19(36)34(25(30(39)40)17-20-11-5-3-6-12-20)35-24-16-10-9-15-22(24)26(21-13-7-4-8-14-21)32-27(29(35)38)33(2)28(37)23(31)18-41/h3-16,23,25,27,41H,17-18,31H2,1-2H3,(H,39,40)/t23?,25-,27?/m0/s1. The molecule has 10 nitrogen and oxygen atoms in total. The Morgan fingerprint density at radius 1 is 1.00 bits per heavy atom. The average Bonchev–Trinajstić information content (AvgIpc) is 3.11. The maximum absolute atomic E-state index is 14.4. The first-order valence-electron chi connectivity index (χ1n) is 12.9. The summed E-state index contributed by atoms with van der Waals surface area (Å²) in [6.45, 7) is 1.20. The van der Waals surface area contributed by atoms with Crippen LogP contribution in [0.5, 0.6) is 0 Å². The highest BCUT2D eigenvalue weighted by Gasteiger charge is 2.44. The SMILES string of the molecule is CC(=O)N([C@@H](Cc1ccccc1)C(=O)O)N1C(=O)C(N(C)C(=O)C(N)CS)N=C(c2ccccc2)c2ccccc21. The topological polar surface area (TPSA) is 137 Å². The molecule has 1 aliphatic heterocycles. The number of likely N-dealkylation sites (N-methyl/N-ethyl adjacent to an activating group) is 1. The van der Waals surface area contributed by atoms with Gasteiger partial charge in [0.15, 0.2) is 6.04 Å². The fourth-order valence-corrected chi connectivity index (χ4v) is 4.87. The summed E-state index contributed by atoms with van der Waals surface area (Å²) in [6.07, 6.45) is -1.54. The van der Waals surface area contributed by atoms with Crippen LogP contribution in [0, 0.1) is 0 Å². The van der Waals surface area contributed by atoms with Gasteiger partial charge in [-0.25, -0.2) is 19.8 Å². The van der Waals surface area contributed by atoms with Gasteiger partial charge in [0, 0.05) is 37.3 Å². The van der Waals surface area contributed by atoms with E-state index in [1.807, 2.05) is 30.3 Å². The van der Waals surface area contributed by atoms with Crippen LogP contribution in [0.15, 0.2) is 89.9 Å². The van der Waals surface area contributed by atoms with Gasteiger partial charge in [-0.2, -0.15) is 12.6 Å². The van der Waals surface area contributed by atoms with Crippen molar-refractivity contribution >= 4 is 47.7 Å². The van der Waals surface area contributed by atoms with Crippen molar-refractivity contribution in [2.24, 2.45) is 10.7 Å². The molecule has 3 atom stereocenters. The lowest BCUT2D eigenvalue weighted by molar-refractivity contribution is -0.152. The molecule has 4 rings (SSSR count). The highest BCUT2D eigenvalue weighted by atomic mass is 32.1. The Balaban J connectivity index is 1.95. The molecule has 41 heavy (non-hydrogen) atoms. The molecule has 3 amide bonds. The summed E-state index contributed by atoms with van der Waals surface area (Å²) in [7, 11) is 1.39. The Hall–Kier alpha value is -4.48. The van der Waals surface area contributed by atoms with Crippen molar-refractivity contribution < 1.29 is 24.3 Å². The maximum atomic E-state index is 14.4. The van der Waals surface area contributed by atoms with Crippen LogP contribution in [-0.4, -0.2) is 75.5 Å². The first-order chi connectivity index (χ1) is 19.6. The Kier molecular flexibility index (Phi) is 9.21. The third kappa shape index (κ3) is 6.16. The normalized spacial score (nSPS) is 16.1. The van der Waals surface area contributed by atoms with Crippen LogP contribution >= 0.6 is 12.6 Å². The number of carbonyl (C=O) groups excluding carboxylic acids is 3. The number of benzodiazepines with no additional fused rings is 1. The molecule has 0 aromatic heterocycles. The average molecular weight is 574 g/mol. The molecule has 0 radical (unpaired) electrons. The van der Waals surface area contributed by atoms with Gasteiger partial charge in [0.05, 0.1) is 17.4 Å². The Morgan fingerprint density at radius 2 is 1.59 bits per heavy atom. The second-order valence-corrected chi connectivity index (χ2v) is 9.90. The van der Waals surface area contributed by atoms with Crippen LogP contribution in [-0.2, 0) is 25.6 Å². The summed E-state index contributed by atoms with van der Waals surface area (Å²) in [5.74, 6) is -3.34. The second kappa shape index (κ2) is 12.8. The minimum atomic E-state index is -1.47. The van der Waals surface area contributed by atoms with Crippen LogP contribution in [0.25, 0.3) is 0 Å². The number of hydrogen-bond acceptors (Lipinski definition) is 7. The highest BCUT2D eigenvalue weighted by Crippen LogP contribution is 2.32. The molecular weight excluding hydrogens is 542 g/mol. The van der Waals surface area contributed by atoms with Gasteiger partial charge in [-0.15, -0.1) is 0 Å². The molecule has 3 N–H and O–H groups in total. The molecule has 0 saturated heterocycles. The van der Waals surface area contributed by atoms with E-state index in [0.29, 0.717) is 22.4 Å². The number of aliphatic imine (C=N–C) groups is 1. The third-order valence-electron chi connectivity index (χ3n) is 6.73. The van der Waals surface area contributed by atoms with E-state index in [2.05, 4.69) is 12.6 Å². The molecule has 212 valence electrons. The van der Waals surface area contributed by atoms with Crippen LogP contribution < -0.4 is 10.7 Å². The van der Waals surface area contributed by atoms with Crippen LogP contribution in [0.1, 0.15) is 23.6 Å². The molecule has 1 aliphatic rings. The summed E-state index contributed by atoms with van der Waals surface area (Å²) < 4.78 is 0. The van der Waals surface area contributed by atoms with Crippen LogP contribution in [0.2, 0.25) is 0 Å². The fraction of sp³-hybridized carbons (Fsp3) is 0.233. The molecule has 0 bridgehead atoms. The van der Waals surface area contributed by atoms with Crippen molar-refractivity contribution in [3.8, 4) is 0 Å².